The zero-order valence-electron chi connectivity index (χ0n) is 9.14. The Kier molecular flexibility index (Phi) is 3.74. The van der Waals surface area contributed by atoms with E-state index < -0.39 is 0 Å². The van der Waals surface area contributed by atoms with E-state index in [1.807, 2.05) is 0 Å². The van der Waals surface area contributed by atoms with Crippen molar-refractivity contribution in [3.63, 3.8) is 0 Å². The van der Waals surface area contributed by atoms with Crippen LogP contribution in [0.1, 0.15) is 46.5 Å². The van der Waals surface area contributed by atoms with Crippen LogP contribution in [0.4, 0.5) is 0 Å². The van der Waals surface area contributed by atoms with Crippen molar-refractivity contribution >= 4 is 0 Å². The van der Waals surface area contributed by atoms with Gasteiger partial charge in [0.15, 0.2) is 0 Å². The summed E-state index contributed by atoms with van der Waals surface area (Å²) in [5.41, 5.74) is -0.0172. The van der Waals surface area contributed by atoms with Crippen molar-refractivity contribution in [3.8, 4) is 0 Å². The van der Waals surface area contributed by atoms with Crippen molar-refractivity contribution in [1.29, 1.82) is 0 Å². The molecule has 0 heterocycles. The SMILES string of the molecule is CCC(CC)NC(C)(CO)C1CC1. The maximum Gasteiger partial charge on any atom is 0.0613 e. The van der Waals surface area contributed by atoms with Crippen LogP contribution in [0, 0.1) is 5.92 Å². The molecule has 1 aliphatic rings. The van der Waals surface area contributed by atoms with Crippen LogP contribution in [0.2, 0.25) is 0 Å². The molecule has 1 atom stereocenters. The van der Waals surface area contributed by atoms with Crippen LogP contribution in [0.15, 0.2) is 0 Å². The summed E-state index contributed by atoms with van der Waals surface area (Å²) in [5.74, 6) is 0.707. The molecule has 1 saturated carbocycles. The molecule has 1 fully saturated rings. The predicted molar refractivity (Wildman–Crippen MR) is 55.7 cm³/mol. The van der Waals surface area contributed by atoms with Gasteiger partial charge in [-0.1, -0.05) is 13.8 Å². The average molecular weight is 185 g/mol. The van der Waals surface area contributed by atoms with Crippen molar-refractivity contribution < 1.29 is 5.11 Å². The third-order valence-electron chi connectivity index (χ3n) is 3.33. The van der Waals surface area contributed by atoms with Gasteiger partial charge in [0.2, 0.25) is 0 Å². The summed E-state index contributed by atoms with van der Waals surface area (Å²) in [7, 11) is 0. The minimum Gasteiger partial charge on any atom is -0.394 e. The largest absolute Gasteiger partial charge is 0.394 e. The molecule has 1 rings (SSSR count). The second-order valence-corrected chi connectivity index (χ2v) is 4.51. The van der Waals surface area contributed by atoms with Crippen LogP contribution >= 0.6 is 0 Å². The highest BCUT2D eigenvalue weighted by Gasteiger charge is 2.41. The molecule has 0 aliphatic heterocycles. The molecule has 2 N–H and O–H groups in total. The number of hydrogen-bond donors (Lipinski definition) is 2. The summed E-state index contributed by atoms with van der Waals surface area (Å²) >= 11 is 0. The maximum atomic E-state index is 9.37. The first kappa shape index (κ1) is 11.0. The van der Waals surface area contributed by atoms with Gasteiger partial charge in [-0.2, -0.15) is 0 Å². The number of aliphatic hydroxyl groups excluding tert-OH is 1. The smallest absolute Gasteiger partial charge is 0.0613 e. The highest BCUT2D eigenvalue weighted by molar-refractivity contribution is 4.98. The van der Waals surface area contributed by atoms with Crippen molar-refractivity contribution in [1.82, 2.24) is 5.32 Å². The van der Waals surface area contributed by atoms with Gasteiger partial charge in [-0.15, -0.1) is 0 Å². The topological polar surface area (TPSA) is 32.3 Å². The molecule has 0 aromatic rings. The number of hydrogen-bond acceptors (Lipinski definition) is 2. The average Bonchev–Trinajstić information content (AvgIpc) is 2.97. The van der Waals surface area contributed by atoms with E-state index >= 15 is 0 Å². The van der Waals surface area contributed by atoms with Crippen LogP contribution in [0.5, 0.6) is 0 Å². The van der Waals surface area contributed by atoms with Gasteiger partial charge < -0.3 is 10.4 Å². The Balaban J connectivity index is 2.45. The minimum absolute atomic E-state index is 0.0172. The second-order valence-electron chi connectivity index (χ2n) is 4.51. The molecule has 0 aromatic carbocycles. The molecule has 0 aromatic heterocycles. The molecular weight excluding hydrogens is 162 g/mol. The zero-order valence-corrected chi connectivity index (χ0v) is 9.14. The zero-order chi connectivity index (χ0) is 9.90. The van der Waals surface area contributed by atoms with Gasteiger partial charge in [-0.3, -0.25) is 0 Å². The normalized spacial score (nSPS) is 21.9. The highest BCUT2D eigenvalue weighted by Crippen LogP contribution is 2.39. The molecule has 2 heteroatoms. The monoisotopic (exact) mass is 185 g/mol. The Morgan fingerprint density at radius 1 is 1.38 bits per heavy atom. The van der Waals surface area contributed by atoms with Crippen LogP contribution in [-0.4, -0.2) is 23.3 Å². The van der Waals surface area contributed by atoms with E-state index in [4.69, 9.17) is 0 Å². The molecule has 13 heavy (non-hydrogen) atoms. The molecular formula is C11H23NO. The lowest BCUT2D eigenvalue weighted by Crippen LogP contribution is -2.52. The molecule has 1 unspecified atom stereocenters. The minimum atomic E-state index is -0.0172. The highest BCUT2D eigenvalue weighted by atomic mass is 16.3. The summed E-state index contributed by atoms with van der Waals surface area (Å²) in [5, 5.41) is 13.0. The van der Waals surface area contributed by atoms with Crippen LogP contribution in [0.25, 0.3) is 0 Å². The second kappa shape index (κ2) is 4.43. The predicted octanol–water partition coefficient (Wildman–Crippen LogP) is 1.93. The Hall–Kier alpha value is -0.0800. The summed E-state index contributed by atoms with van der Waals surface area (Å²) in [6.45, 7) is 6.83. The van der Waals surface area contributed by atoms with Gasteiger partial charge in [0, 0.05) is 11.6 Å². The van der Waals surface area contributed by atoms with Crippen molar-refractivity contribution in [3.05, 3.63) is 0 Å². The lowest BCUT2D eigenvalue weighted by atomic mass is 9.94. The standard InChI is InChI=1S/C11H23NO/c1-4-10(5-2)12-11(3,8-13)9-6-7-9/h9-10,12-13H,4-8H2,1-3H3. The number of aliphatic hydroxyl groups is 1. The van der Waals surface area contributed by atoms with Gasteiger partial charge in [0.05, 0.1) is 6.61 Å². The summed E-state index contributed by atoms with van der Waals surface area (Å²) < 4.78 is 0. The van der Waals surface area contributed by atoms with Crippen molar-refractivity contribution in [2.24, 2.45) is 5.92 Å². The van der Waals surface area contributed by atoms with E-state index in [9.17, 15) is 5.11 Å². The molecule has 1 aliphatic carbocycles. The molecule has 0 amide bonds. The molecule has 0 bridgehead atoms. The quantitative estimate of drug-likeness (QED) is 0.662. The first-order chi connectivity index (χ1) is 6.16. The lowest BCUT2D eigenvalue weighted by Gasteiger charge is -2.33. The van der Waals surface area contributed by atoms with Gasteiger partial charge in [-0.25, -0.2) is 0 Å². The van der Waals surface area contributed by atoms with Crippen LogP contribution in [-0.2, 0) is 0 Å². The fourth-order valence-electron chi connectivity index (χ4n) is 1.97. The van der Waals surface area contributed by atoms with Crippen molar-refractivity contribution in [2.45, 2.75) is 58.0 Å². The third kappa shape index (κ3) is 2.68. The molecule has 0 radical (unpaired) electrons. The lowest BCUT2D eigenvalue weighted by molar-refractivity contribution is 0.139. The Labute approximate surface area is 81.7 Å². The van der Waals surface area contributed by atoms with Gasteiger partial charge in [-0.05, 0) is 38.5 Å². The number of nitrogens with one attached hydrogen (secondary N) is 1. The third-order valence-corrected chi connectivity index (χ3v) is 3.33. The fraction of sp³-hybridized carbons (Fsp3) is 1.00. The Bertz CT molecular complexity index is 152. The Morgan fingerprint density at radius 2 is 1.92 bits per heavy atom. The summed E-state index contributed by atoms with van der Waals surface area (Å²) in [6.07, 6.45) is 4.87. The van der Waals surface area contributed by atoms with E-state index in [0.29, 0.717) is 12.0 Å². The summed E-state index contributed by atoms with van der Waals surface area (Å²) in [4.78, 5) is 0. The van der Waals surface area contributed by atoms with E-state index in [1.54, 1.807) is 0 Å². The van der Waals surface area contributed by atoms with Crippen molar-refractivity contribution in [2.75, 3.05) is 6.61 Å². The van der Waals surface area contributed by atoms with Crippen LogP contribution < -0.4 is 5.32 Å². The van der Waals surface area contributed by atoms with E-state index in [1.165, 1.54) is 12.8 Å². The van der Waals surface area contributed by atoms with E-state index in [2.05, 4.69) is 26.1 Å². The van der Waals surface area contributed by atoms with E-state index in [0.717, 1.165) is 12.8 Å². The fourth-order valence-corrected chi connectivity index (χ4v) is 1.97. The van der Waals surface area contributed by atoms with Gasteiger partial charge >= 0.3 is 0 Å². The maximum absolute atomic E-state index is 9.37. The molecule has 0 saturated heterocycles. The molecule has 78 valence electrons. The van der Waals surface area contributed by atoms with Gasteiger partial charge in [0.25, 0.3) is 0 Å². The molecule has 2 nitrogen and oxygen atoms in total. The number of rotatable bonds is 6. The first-order valence-corrected chi connectivity index (χ1v) is 5.54. The molecule has 0 spiro atoms. The van der Waals surface area contributed by atoms with E-state index in [-0.39, 0.29) is 12.1 Å². The summed E-state index contributed by atoms with van der Waals surface area (Å²) in [6, 6.07) is 0.567. The first-order valence-electron chi connectivity index (χ1n) is 5.54. The van der Waals surface area contributed by atoms with Crippen LogP contribution in [0.3, 0.4) is 0 Å². The van der Waals surface area contributed by atoms with Gasteiger partial charge in [0.1, 0.15) is 0 Å². The Morgan fingerprint density at radius 3 is 2.23 bits per heavy atom.